The highest BCUT2D eigenvalue weighted by atomic mass is 32.2. The van der Waals surface area contributed by atoms with Gasteiger partial charge in [-0.2, -0.15) is 0 Å². The number of methoxy groups -OCH3 is 1. The number of ether oxygens (including phenoxy) is 1. The number of nitrogens with two attached hydrogens (primary N) is 1. The van der Waals surface area contributed by atoms with E-state index in [4.69, 9.17) is 9.88 Å². The summed E-state index contributed by atoms with van der Waals surface area (Å²) in [4.78, 5) is 12.5. The summed E-state index contributed by atoms with van der Waals surface area (Å²) >= 11 is 1.24. The SMILES string of the molecule is COc1ccc(-c2nnc(SCC(=O)Nc3ccc(S(N)(=O)=O)cc3)n2-c2ccccc2)cc1. The van der Waals surface area contributed by atoms with E-state index < -0.39 is 10.0 Å². The van der Waals surface area contributed by atoms with Crippen molar-refractivity contribution in [3.05, 3.63) is 78.9 Å². The molecular weight excluding hydrogens is 474 g/mol. The number of primary sulfonamides is 1. The van der Waals surface area contributed by atoms with Crippen LogP contribution in [0.2, 0.25) is 0 Å². The second kappa shape index (κ2) is 10.1. The lowest BCUT2D eigenvalue weighted by Crippen LogP contribution is -2.15. The van der Waals surface area contributed by atoms with Gasteiger partial charge in [0.2, 0.25) is 15.9 Å². The summed E-state index contributed by atoms with van der Waals surface area (Å²) < 4.78 is 29.9. The number of thioether (sulfide) groups is 1. The van der Waals surface area contributed by atoms with E-state index in [0.29, 0.717) is 16.7 Å². The molecule has 0 aliphatic carbocycles. The molecule has 0 radical (unpaired) electrons. The smallest absolute Gasteiger partial charge is 0.238 e. The van der Waals surface area contributed by atoms with Crippen LogP contribution in [0, 0.1) is 0 Å². The van der Waals surface area contributed by atoms with Crippen LogP contribution in [-0.4, -0.2) is 42.0 Å². The van der Waals surface area contributed by atoms with Gasteiger partial charge in [0, 0.05) is 16.9 Å². The maximum atomic E-state index is 12.5. The summed E-state index contributed by atoms with van der Waals surface area (Å²) in [7, 11) is -2.18. The average molecular weight is 496 g/mol. The molecule has 0 aliphatic rings. The Morgan fingerprint density at radius 2 is 1.68 bits per heavy atom. The highest BCUT2D eigenvalue weighted by Crippen LogP contribution is 2.29. The molecule has 4 aromatic rings. The number of hydrogen-bond acceptors (Lipinski definition) is 7. The first-order chi connectivity index (χ1) is 16.3. The number of carbonyl (C=O) groups is 1. The molecule has 0 unspecified atom stereocenters. The van der Waals surface area contributed by atoms with Crippen molar-refractivity contribution in [2.75, 3.05) is 18.2 Å². The molecule has 1 aromatic heterocycles. The molecule has 0 saturated heterocycles. The number of nitrogens with zero attached hydrogens (tertiary/aromatic N) is 3. The molecule has 0 spiro atoms. The summed E-state index contributed by atoms with van der Waals surface area (Å²) in [6, 6.07) is 22.8. The van der Waals surface area contributed by atoms with Gasteiger partial charge in [0.05, 0.1) is 17.8 Å². The highest BCUT2D eigenvalue weighted by Gasteiger charge is 2.17. The van der Waals surface area contributed by atoms with Gasteiger partial charge in [0.15, 0.2) is 11.0 Å². The zero-order valence-corrected chi connectivity index (χ0v) is 19.7. The van der Waals surface area contributed by atoms with Crippen molar-refractivity contribution in [3.63, 3.8) is 0 Å². The summed E-state index contributed by atoms with van der Waals surface area (Å²) in [5.41, 5.74) is 2.17. The van der Waals surface area contributed by atoms with Crippen LogP contribution in [0.1, 0.15) is 0 Å². The van der Waals surface area contributed by atoms with Crippen molar-refractivity contribution in [1.29, 1.82) is 0 Å². The maximum absolute atomic E-state index is 12.5. The number of para-hydroxylation sites is 1. The first kappa shape index (κ1) is 23.5. The lowest BCUT2D eigenvalue weighted by Gasteiger charge is -2.11. The van der Waals surface area contributed by atoms with E-state index in [-0.39, 0.29) is 16.6 Å². The monoisotopic (exact) mass is 495 g/mol. The Balaban J connectivity index is 1.53. The topological polar surface area (TPSA) is 129 Å². The quantitative estimate of drug-likeness (QED) is 0.359. The Labute approximate surface area is 201 Å². The Hall–Kier alpha value is -3.67. The van der Waals surface area contributed by atoms with Gasteiger partial charge in [-0.15, -0.1) is 10.2 Å². The van der Waals surface area contributed by atoms with Gasteiger partial charge in [-0.25, -0.2) is 13.6 Å². The minimum atomic E-state index is -3.79. The third-order valence-electron chi connectivity index (χ3n) is 4.79. The van der Waals surface area contributed by atoms with E-state index in [2.05, 4.69) is 15.5 Å². The van der Waals surface area contributed by atoms with Crippen molar-refractivity contribution < 1.29 is 17.9 Å². The molecule has 0 fully saturated rings. The zero-order valence-electron chi connectivity index (χ0n) is 18.1. The van der Waals surface area contributed by atoms with Gasteiger partial charge in [0.25, 0.3) is 0 Å². The average Bonchev–Trinajstić information content (AvgIpc) is 3.27. The largest absolute Gasteiger partial charge is 0.497 e. The lowest BCUT2D eigenvalue weighted by molar-refractivity contribution is -0.113. The zero-order chi connectivity index (χ0) is 24.1. The molecule has 174 valence electrons. The second-order valence-electron chi connectivity index (χ2n) is 7.11. The van der Waals surface area contributed by atoms with Crippen LogP contribution in [0.4, 0.5) is 5.69 Å². The van der Waals surface area contributed by atoms with Crippen LogP contribution >= 0.6 is 11.8 Å². The number of carbonyl (C=O) groups excluding carboxylic acids is 1. The Kier molecular flexibility index (Phi) is 6.96. The number of nitrogens with one attached hydrogen (secondary N) is 1. The standard InChI is InChI=1S/C23H21N5O4S2/c1-32-19-11-7-16(8-12-19)22-26-27-23(28(22)18-5-3-2-4-6-18)33-15-21(29)25-17-9-13-20(14-10-17)34(24,30)31/h2-14H,15H2,1H3,(H,25,29)(H2,24,30,31). The molecule has 1 amide bonds. The molecule has 11 heteroatoms. The number of aromatic nitrogens is 3. The molecule has 1 heterocycles. The normalized spacial score (nSPS) is 11.2. The lowest BCUT2D eigenvalue weighted by atomic mass is 10.2. The number of hydrogen-bond donors (Lipinski definition) is 2. The molecule has 0 aliphatic heterocycles. The van der Waals surface area contributed by atoms with E-state index in [1.807, 2.05) is 59.2 Å². The van der Waals surface area contributed by atoms with Crippen LogP contribution < -0.4 is 15.2 Å². The molecule has 9 nitrogen and oxygen atoms in total. The van der Waals surface area contributed by atoms with Crippen molar-refractivity contribution in [2.24, 2.45) is 5.14 Å². The van der Waals surface area contributed by atoms with Crippen LogP contribution in [0.15, 0.2) is 88.9 Å². The summed E-state index contributed by atoms with van der Waals surface area (Å²) in [6.07, 6.45) is 0. The number of amides is 1. The van der Waals surface area contributed by atoms with Gasteiger partial charge in [-0.1, -0.05) is 30.0 Å². The van der Waals surface area contributed by atoms with E-state index in [1.54, 1.807) is 7.11 Å². The number of anilines is 1. The minimum absolute atomic E-state index is 0.0260. The fourth-order valence-corrected chi connectivity index (χ4v) is 4.42. The summed E-state index contributed by atoms with van der Waals surface area (Å²) in [5, 5.41) is 17.1. The van der Waals surface area contributed by atoms with Crippen molar-refractivity contribution >= 4 is 33.4 Å². The number of sulfonamides is 1. The molecule has 3 N–H and O–H groups in total. The first-order valence-electron chi connectivity index (χ1n) is 10.1. The third kappa shape index (κ3) is 5.45. The fourth-order valence-electron chi connectivity index (χ4n) is 3.16. The fraction of sp³-hybridized carbons (Fsp3) is 0.0870. The summed E-state index contributed by atoms with van der Waals surface area (Å²) in [6.45, 7) is 0. The molecular formula is C23H21N5O4S2. The van der Waals surface area contributed by atoms with Crippen LogP contribution in [-0.2, 0) is 14.8 Å². The van der Waals surface area contributed by atoms with Gasteiger partial charge in [0.1, 0.15) is 5.75 Å². The maximum Gasteiger partial charge on any atom is 0.238 e. The summed E-state index contributed by atoms with van der Waals surface area (Å²) in [5.74, 6) is 1.17. The van der Waals surface area contributed by atoms with Gasteiger partial charge in [-0.05, 0) is 60.7 Å². The third-order valence-corrected chi connectivity index (χ3v) is 6.65. The van der Waals surface area contributed by atoms with Crippen molar-refractivity contribution in [1.82, 2.24) is 14.8 Å². The Bertz CT molecular complexity index is 1390. The van der Waals surface area contributed by atoms with E-state index in [1.165, 1.54) is 36.0 Å². The molecule has 0 bridgehead atoms. The number of rotatable bonds is 8. The Morgan fingerprint density at radius 1 is 1.00 bits per heavy atom. The highest BCUT2D eigenvalue weighted by molar-refractivity contribution is 7.99. The minimum Gasteiger partial charge on any atom is -0.497 e. The van der Waals surface area contributed by atoms with Gasteiger partial charge >= 0.3 is 0 Å². The molecule has 3 aromatic carbocycles. The predicted octanol–water partition coefficient (Wildman–Crippen LogP) is 3.32. The second-order valence-corrected chi connectivity index (χ2v) is 9.62. The van der Waals surface area contributed by atoms with E-state index in [0.717, 1.165) is 17.0 Å². The molecule has 0 saturated carbocycles. The van der Waals surface area contributed by atoms with Crippen LogP contribution in [0.25, 0.3) is 17.1 Å². The number of benzene rings is 3. The van der Waals surface area contributed by atoms with Gasteiger partial charge < -0.3 is 10.1 Å². The van der Waals surface area contributed by atoms with Crippen LogP contribution in [0.5, 0.6) is 5.75 Å². The van der Waals surface area contributed by atoms with Crippen molar-refractivity contribution in [3.8, 4) is 22.8 Å². The molecule has 4 rings (SSSR count). The first-order valence-corrected chi connectivity index (χ1v) is 12.6. The van der Waals surface area contributed by atoms with E-state index in [9.17, 15) is 13.2 Å². The molecule has 0 atom stereocenters. The van der Waals surface area contributed by atoms with Crippen LogP contribution in [0.3, 0.4) is 0 Å². The molecule has 34 heavy (non-hydrogen) atoms. The predicted molar refractivity (Wildman–Crippen MR) is 131 cm³/mol. The van der Waals surface area contributed by atoms with Gasteiger partial charge in [-0.3, -0.25) is 9.36 Å². The van der Waals surface area contributed by atoms with Crippen molar-refractivity contribution in [2.45, 2.75) is 10.1 Å². The van der Waals surface area contributed by atoms with E-state index >= 15 is 0 Å². The Morgan fingerprint density at radius 3 is 2.29 bits per heavy atom.